The topological polar surface area (TPSA) is 17.1 Å². The van der Waals surface area contributed by atoms with Crippen LogP contribution in [0.4, 0.5) is 8.78 Å². The standard InChI is InChI=1S/C14H8BrClF2O/c15-11-7-9(17)5-4-8(11)6-13(19)10-2-1-3-12(16)14(10)18/h1-5,7H,6H2. The van der Waals surface area contributed by atoms with Crippen LogP contribution in [0.1, 0.15) is 15.9 Å². The second kappa shape index (κ2) is 5.80. The van der Waals surface area contributed by atoms with E-state index in [1.54, 1.807) is 0 Å². The Bertz CT molecular complexity index is 643. The van der Waals surface area contributed by atoms with E-state index >= 15 is 0 Å². The number of hydrogen-bond acceptors (Lipinski definition) is 1. The lowest BCUT2D eigenvalue weighted by molar-refractivity contribution is 0.0989. The zero-order valence-electron chi connectivity index (χ0n) is 9.59. The maximum absolute atomic E-state index is 13.7. The molecule has 0 unspecified atom stereocenters. The third kappa shape index (κ3) is 3.19. The molecule has 0 heterocycles. The van der Waals surface area contributed by atoms with Crippen LogP contribution < -0.4 is 0 Å². The first-order valence-electron chi connectivity index (χ1n) is 5.40. The molecule has 0 saturated carbocycles. The van der Waals surface area contributed by atoms with Gasteiger partial charge in [-0.15, -0.1) is 0 Å². The van der Waals surface area contributed by atoms with Crippen molar-refractivity contribution in [2.45, 2.75) is 6.42 Å². The highest BCUT2D eigenvalue weighted by molar-refractivity contribution is 9.10. The second-order valence-electron chi connectivity index (χ2n) is 3.94. The van der Waals surface area contributed by atoms with E-state index in [1.807, 2.05) is 0 Å². The fraction of sp³-hybridized carbons (Fsp3) is 0.0714. The number of benzene rings is 2. The van der Waals surface area contributed by atoms with Crippen LogP contribution in [0.15, 0.2) is 40.9 Å². The van der Waals surface area contributed by atoms with Gasteiger partial charge in [0.1, 0.15) is 5.82 Å². The molecular weight excluding hydrogens is 338 g/mol. The number of Topliss-reactive ketones (excluding diaryl/α,β-unsaturated/α-hetero) is 1. The average molecular weight is 346 g/mol. The smallest absolute Gasteiger partial charge is 0.170 e. The molecule has 2 aromatic carbocycles. The van der Waals surface area contributed by atoms with Crippen LogP contribution in [0.25, 0.3) is 0 Å². The lowest BCUT2D eigenvalue weighted by atomic mass is 10.0. The predicted molar refractivity (Wildman–Crippen MR) is 73.5 cm³/mol. The molecule has 0 amide bonds. The fourth-order valence-corrected chi connectivity index (χ4v) is 2.32. The number of carbonyl (C=O) groups excluding carboxylic acids is 1. The Morgan fingerprint density at radius 2 is 1.95 bits per heavy atom. The van der Waals surface area contributed by atoms with Gasteiger partial charge in [0.2, 0.25) is 0 Å². The number of hydrogen-bond donors (Lipinski definition) is 0. The molecule has 0 aliphatic carbocycles. The van der Waals surface area contributed by atoms with E-state index in [1.165, 1.54) is 36.4 Å². The molecule has 1 nitrogen and oxygen atoms in total. The van der Waals surface area contributed by atoms with Crippen LogP contribution in [-0.2, 0) is 6.42 Å². The SMILES string of the molecule is O=C(Cc1ccc(F)cc1Br)c1cccc(Cl)c1F. The minimum absolute atomic E-state index is 0.0296. The van der Waals surface area contributed by atoms with Crippen molar-refractivity contribution in [2.75, 3.05) is 0 Å². The van der Waals surface area contributed by atoms with E-state index < -0.39 is 17.4 Å². The number of carbonyl (C=O) groups is 1. The Labute approximate surface area is 122 Å². The van der Waals surface area contributed by atoms with Crippen molar-refractivity contribution >= 4 is 33.3 Å². The minimum atomic E-state index is -0.729. The van der Waals surface area contributed by atoms with Crippen molar-refractivity contribution in [2.24, 2.45) is 0 Å². The van der Waals surface area contributed by atoms with Crippen molar-refractivity contribution in [3.63, 3.8) is 0 Å². The molecule has 2 rings (SSSR count). The molecule has 0 aliphatic heterocycles. The second-order valence-corrected chi connectivity index (χ2v) is 5.20. The van der Waals surface area contributed by atoms with Crippen LogP contribution in [-0.4, -0.2) is 5.78 Å². The number of halogens is 4. The van der Waals surface area contributed by atoms with Gasteiger partial charge in [-0.2, -0.15) is 0 Å². The predicted octanol–water partition coefficient (Wildman–Crippen LogP) is 4.81. The molecule has 0 aromatic heterocycles. The van der Waals surface area contributed by atoms with Crippen LogP contribution in [0.5, 0.6) is 0 Å². The molecule has 0 spiro atoms. The van der Waals surface area contributed by atoms with Gasteiger partial charge in [0, 0.05) is 10.9 Å². The zero-order valence-corrected chi connectivity index (χ0v) is 11.9. The van der Waals surface area contributed by atoms with Crippen molar-refractivity contribution in [3.05, 3.63) is 68.7 Å². The largest absolute Gasteiger partial charge is 0.294 e. The molecule has 0 N–H and O–H groups in total. The summed E-state index contributed by atoms with van der Waals surface area (Å²) >= 11 is 8.80. The van der Waals surface area contributed by atoms with Crippen molar-refractivity contribution < 1.29 is 13.6 Å². The molecule has 0 aliphatic rings. The molecule has 5 heteroatoms. The van der Waals surface area contributed by atoms with Gasteiger partial charge in [0.25, 0.3) is 0 Å². The molecule has 0 fully saturated rings. The summed E-state index contributed by atoms with van der Waals surface area (Å²) in [5.74, 6) is -1.54. The fourth-order valence-electron chi connectivity index (χ4n) is 1.65. The molecule has 19 heavy (non-hydrogen) atoms. The summed E-state index contributed by atoms with van der Waals surface area (Å²) in [6.07, 6.45) is -0.0296. The lowest BCUT2D eigenvalue weighted by Crippen LogP contribution is -2.07. The average Bonchev–Trinajstić information content (AvgIpc) is 2.36. The van der Waals surface area contributed by atoms with Gasteiger partial charge in [-0.25, -0.2) is 8.78 Å². The number of ketones is 1. The summed E-state index contributed by atoms with van der Waals surface area (Å²) in [7, 11) is 0. The highest BCUT2D eigenvalue weighted by Crippen LogP contribution is 2.23. The quantitative estimate of drug-likeness (QED) is 0.730. The van der Waals surface area contributed by atoms with Gasteiger partial charge in [-0.05, 0) is 29.8 Å². The van der Waals surface area contributed by atoms with Gasteiger partial charge in [0.15, 0.2) is 11.6 Å². The van der Waals surface area contributed by atoms with Crippen molar-refractivity contribution in [1.29, 1.82) is 0 Å². The van der Waals surface area contributed by atoms with Crippen LogP contribution in [0.2, 0.25) is 5.02 Å². The van der Waals surface area contributed by atoms with E-state index in [9.17, 15) is 13.6 Å². The van der Waals surface area contributed by atoms with E-state index in [2.05, 4.69) is 15.9 Å². The van der Waals surface area contributed by atoms with Gasteiger partial charge in [0.05, 0.1) is 10.6 Å². The molecule has 98 valence electrons. The van der Waals surface area contributed by atoms with Crippen LogP contribution >= 0.6 is 27.5 Å². The molecule has 0 bridgehead atoms. The van der Waals surface area contributed by atoms with E-state index in [-0.39, 0.29) is 17.0 Å². The maximum Gasteiger partial charge on any atom is 0.170 e. The molecular formula is C14H8BrClF2O. The van der Waals surface area contributed by atoms with Crippen LogP contribution in [0, 0.1) is 11.6 Å². The first kappa shape index (κ1) is 14.2. The first-order chi connectivity index (χ1) is 8.99. The first-order valence-corrected chi connectivity index (χ1v) is 6.57. The highest BCUT2D eigenvalue weighted by atomic mass is 79.9. The third-order valence-corrected chi connectivity index (χ3v) is 3.65. The molecule has 2 aromatic rings. The van der Waals surface area contributed by atoms with Gasteiger partial charge in [-0.3, -0.25) is 4.79 Å². The Morgan fingerprint density at radius 3 is 2.63 bits per heavy atom. The van der Waals surface area contributed by atoms with E-state index in [4.69, 9.17) is 11.6 Å². The van der Waals surface area contributed by atoms with Crippen LogP contribution in [0.3, 0.4) is 0 Å². The lowest BCUT2D eigenvalue weighted by Gasteiger charge is -2.06. The number of rotatable bonds is 3. The normalized spacial score (nSPS) is 10.5. The Balaban J connectivity index is 2.28. The molecule has 0 atom stereocenters. The molecule has 0 saturated heterocycles. The summed E-state index contributed by atoms with van der Waals surface area (Å²) in [4.78, 5) is 12.0. The monoisotopic (exact) mass is 344 g/mol. The third-order valence-electron chi connectivity index (χ3n) is 2.62. The maximum atomic E-state index is 13.7. The zero-order chi connectivity index (χ0) is 14.0. The Hall–Kier alpha value is -1.26. The summed E-state index contributed by atoms with van der Waals surface area (Å²) in [6.45, 7) is 0. The Morgan fingerprint density at radius 1 is 1.21 bits per heavy atom. The summed E-state index contributed by atoms with van der Waals surface area (Å²) in [5, 5.41) is -0.0935. The van der Waals surface area contributed by atoms with E-state index in [0.29, 0.717) is 10.0 Å². The highest BCUT2D eigenvalue weighted by Gasteiger charge is 2.15. The van der Waals surface area contributed by atoms with Crippen molar-refractivity contribution in [3.8, 4) is 0 Å². The summed E-state index contributed by atoms with van der Waals surface area (Å²) in [5.41, 5.74) is 0.523. The summed E-state index contributed by atoms with van der Waals surface area (Å²) in [6, 6.07) is 8.26. The van der Waals surface area contributed by atoms with Gasteiger partial charge < -0.3 is 0 Å². The van der Waals surface area contributed by atoms with E-state index in [0.717, 1.165) is 0 Å². The van der Waals surface area contributed by atoms with Crippen molar-refractivity contribution in [1.82, 2.24) is 0 Å². The molecule has 0 radical (unpaired) electrons. The minimum Gasteiger partial charge on any atom is -0.294 e. The Kier molecular flexibility index (Phi) is 4.32. The summed E-state index contributed by atoms with van der Waals surface area (Å²) < 4.78 is 27.1. The van der Waals surface area contributed by atoms with Gasteiger partial charge >= 0.3 is 0 Å². The van der Waals surface area contributed by atoms with Gasteiger partial charge in [-0.1, -0.05) is 39.7 Å².